The van der Waals surface area contributed by atoms with Crippen LogP contribution in [0.3, 0.4) is 0 Å². The van der Waals surface area contributed by atoms with Crippen molar-refractivity contribution in [3.63, 3.8) is 0 Å². The Labute approximate surface area is 144 Å². The highest BCUT2D eigenvalue weighted by Gasteiger charge is 2.19. The molecular weight excluding hydrogens is 300 g/mol. The van der Waals surface area contributed by atoms with Crippen LogP contribution in [-0.2, 0) is 11.3 Å². The van der Waals surface area contributed by atoms with Crippen LogP contribution in [0.2, 0.25) is 0 Å². The molecule has 0 N–H and O–H groups in total. The van der Waals surface area contributed by atoms with E-state index in [2.05, 4.69) is 46.2 Å². The fourth-order valence-electron chi connectivity index (χ4n) is 3.06. The maximum Gasteiger partial charge on any atom is 0.142 e. The van der Waals surface area contributed by atoms with Gasteiger partial charge in [-0.2, -0.15) is 0 Å². The average Bonchev–Trinajstić information content (AvgIpc) is 2.66. The predicted molar refractivity (Wildman–Crippen MR) is 97.7 cm³/mol. The fourth-order valence-corrected chi connectivity index (χ4v) is 3.06. The van der Waals surface area contributed by atoms with Crippen LogP contribution in [0.1, 0.15) is 5.56 Å². The zero-order valence-corrected chi connectivity index (χ0v) is 14.4. The van der Waals surface area contributed by atoms with E-state index in [1.807, 2.05) is 18.2 Å². The Morgan fingerprint density at radius 2 is 1.58 bits per heavy atom. The van der Waals surface area contributed by atoms with Gasteiger partial charge in [0.15, 0.2) is 0 Å². The second-order valence-corrected chi connectivity index (χ2v) is 6.04. The molecule has 0 spiro atoms. The second-order valence-electron chi connectivity index (χ2n) is 6.04. The van der Waals surface area contributed by atoms with Crippen LogP contribution in [-0.4, -0.2) is 51.3 Å². The Kier molecular flexibility index (Phi) is 6.10. The molecule has 128 valence electrons. The molecule has 0 atom stereocenters. The summed E-state index contributed by atoms with van der Waals surface area (Å²) in [7, 11) is 1.74. The van der Waals surface area contributed by atoms with Gasteiger partial charge in [-0.3, -0.25) is 4.90 Å². The van der Waals surface area contributed by atoms with Gasteiger partial charge in [0.1, 0.15) is 5.75 Å². The summed E-state index contributed by atoms with van der Waals surface area (Å²) in [5.74, 6) is 0.956. The lowest BCUT2D eigenvalue weighted by molar-refractivity contribution is 0.0907. The molecule has 0 unspecified atom stereocenters. The van der Waals surface area contributed by atoms with Crippen LogP contribution in [0.4, 0.5) is 5.69 Å². The molecule has 1 fully saturated rings. The molecule has 24 heavy (non-hydrogen) atoms. The minimum absolute atomic E-state index is 0.696. The maximum absolute atomic E-state index is 5.80. The standard InChI is InChI=1S/C20H26N2O2/c1-23-20-10-6-5-9-19(20)22-13-11-21(12-14-22)15-16-24-17-18-7-3-2-4-8-18/h2-10H,11-17H2,1H3. The summed E-state index contributed by atoms with van der Waals surface area (Å²) in [5.41, 5.74) is 2.43. The van der Waals surface area contributed by atoms with Crippen molar-refractivity contribution in [2.75, 3.05) is 51.3 Å². The molecule has 0 amide bonds. The third-order valence-corrected chi connectivity index (χ3v) is 4.46. The molecule has 0 bridgehead atoms. The first-order valence-electron chi connectivity index (χ1n) is 8.59. The quantitative estimate of drug-likeness (QED) is 0.730. The molecule has 3 rings (SSSR count). The van der Waals surface area contributed by atoms with Crippen LogP contribution in [0.25, 0.3) is 0 Å². The number of methoxy groups -OCH3 is 1. The Morgan fingerprint density at radius 1 is 0.875 bits per heavy atom. The van der Waals surface area contributed by atoms with E-state index in [0.29, 0.717) is 6.61 Å². The SMILES string of the molecule is COc1ccccc1N1CCN(CCOCc2ccccc2)CC1. The number of ether oxygens (including phenoxy) is 2. The van der Waals surface area contributed by atoms with Gasteiger partial charge in [-0.15, -0.1) is 0 Å². The molecule has 0 saturated carbocycles. The first-order chi connectivity index (χ1) is 11.9. The molecular formula is C20H26N2O2. The summed E-state index contributed by atoms with van der Waals surface area (Å²) in [4.78, 5) is 4.87. The van der Waals surface area contributed by atoms with Crippen LogP contribution in [0.5, 0.6) is 5.75 Å². The highest BCUT2D eigenvalue weighted by Crippen LogP contribution is 2.28. The number of piperazine rings is 1. The van der Waals surface area contributed by atoms with Gasteiger partial charge in [0.2, 0.25) is 0 Å². The van der Waals surface area contributed by atoms with Crippen molar-refractivity contribution in [3.8, 4) is 5.75 Å². The molecule has 0 radical (unpaired) electrons. The molecule has 4 heteroatoms. The summed E-state index contributed by atoms with van der Waals surface area (Å²) in [6.45, 7) is 6.65. The van der Waals surface area contributed by atoms with E-state index in [4.69, 9.17) is 9.47 Å². The molecule has 0 aliphatic carbocycles. The molecule has 0 aromatic heterocycles. The zero-order valence-electron chi connectivity index (χ0n) is 14.4. The van der Waals surface area contributed by atoms with E-state index in [9.17, 15) is 0 Å². The van der Waals surface area contributed by atoms with Crippen molar-refractivity contribution in [3.05, 3.63) is 60.2 Å². The van der Waals surface area contributed by atoms with Gasteiger partial charge in [-0.1, -0.05) is 42.5 Å². The van der Waals surface area contributed by atoms with Gasteiger partial charge in [0, 0.05) is 32.7 Å². The van der Waals surface area contributed by atoms with E-state index < -0.39 is 0 Å². The predicted octanol–water partition coefficient (Wildman–Crippen LogP) is 3.03. The molecule has 2 aromatic carbocycles. The average molecular weight is 326 g/mol. The van der Waals surface area contributed by atoms with Gasteiger partial charge in [0.05, 0.1) is 26.0 Å². The van der Waals surface area contributed by atoms with Crippen molar-refractivity contribution >= 4 is 5.69 Å². The lowest BCUT2D eigenvalue weighted by Gasteiger charge is -2.36. The van der Waals surface area contributed by atoms with Gasteiger partial charge >= 0.3 is 0 Å². The van der Waals surface area contributed by atoms with E-state index in [1.54, 1.807) is 7.11 Å². The minimum Gasteiger partial charge on any atom is -0.495 e. The van der Waals surface area contributed by atoms with Crippen molar-refractivity contribution in [2.45, 2.75) is 6.61 Å². The van der Waals surface area contributed by atoms with E-state index in [0.717, 1.165) is 45.1 Å². The lowest BCUT2D eigenvalue weighted by atomic mass is 10.2. The maximum atomic E-state index is 5.80. The number of rotatable bonds is 7. The highest BCUT2D eigenvalue weighted by atomic mass is 16.5. The first kappa shape index (κ1) is 16.8. The Bertz CT molecular complexity index is 610. The van der Waals surface area contributed by atoms with Gasteiger partial charge in [-0.25, -0.2) is 0 Å². The van der Waals surface area contributed by atoms with Gasteiger partial charge in [0.25, 0.3) is 0 Å². The molecule has 2 aromatic rings. The van der Waals surface area contributed by atoms with E-state index >= 15 is 0 Å². The summed E-state index contributed by atoms with van der Waals surface area (Å²) in [6.07, 6.45) is 0. The Balaban J connectivity index is 1.39. The number of nitrogens with zero attached hydrogens (tertiary/aromatic N) is 2. The van der Waals surface area contributed by atoms with Gasteiger partial charge < -0.3 is 14.4 Å². The van der Waals surface area contributed by atoms with Crippen LogP contribution >= 0.6 is 0 Å². The minimum atomic E-state index is 0.696. The third-order valence-electron chi connectivity index (χ3n) is 4.46. The number of benzene rings is 2. The number of para-hydroxylation sites is 2. The first-order valence-corrected chi connectivity index (χ1v) is 8.59. The summed E-state index contributed by atoms with van der Waals surface area (Å²) in [5, 5.41) is 0. The Hall–Kier alpha value is -2.04. The van der Waals surface area contributed by atoms with Crippen LogP contribution < -0.4 is 9.64 Å². The lowest BCUT2D eigenvalue weighted by Crippen LogP contribution is -2.47. The van der Waals surface area contributed by atoms with Crippen molar-refractivity contribution in [1.29, 1.82) is 0 Å². The molecule has 4 nitrogen and oxygen atoms in total. The second kappa shape index (κ2) is 8.71. The number of hydrogen-bond acceptors (Lipinski definition) is 4. The van der Waals surface area contributed by atoms with Gasteiger partial charge in [-0.05, 0) is 17.7 Å². The largest absolute Gasteiger partial charge is 0.495 e. The molecule has 1 aliphatic heterocycles. The van der Waals surface area contributed by atoms with Crippen LogP contribution in [0, 0.1) is 0 Å². The topological polar surface area (TPSA) is 24.9 Å². The summed E-state index contributed by atoms with van der Waals surface area (Å²) >= 11 is 0. The summed E-state index contributed by atoms with van der Waals surface area (Å²) < 4.78 is 11.3. The number of hydrogen-bond donors (Lipinski definition) is 0. The fraction of sp³-hybridized carbons (Fsp3) is 0.400. The zero-order chi connectivity index (χ0) is 16.6. The third kappa shape index (κ3) is 4.49. The van der Waals surface area contributed by atoms with Crippen molar-refractivity contribution < 1.29 is 9.47 Å². The number of anilines is 1. The molecule has 1 saturated heterocycles. The monoisotopic (exact) mass is 326 g/mol. The highest BCUT2D eigenvalue weighted by molar-refractivity contribution is 5.58. The van der Waals surface area contributed by atoms with E-state index in [-0.39, 0.29) is 0 Å². The molecule has 1 aliphatic rings. The van der Waals surface area contributed by atoms with Crippen molar-refractivity contribution in [2.24, 2.45) is 0 Å². The van der Waals surface area contributed by atoms with Crippen molar-refractivity contribution in [1.82, 2.24) is 4.90 Å². The van der Waals surface area contributed by atoms with E-state index in [1.165, 1.54) is 11.3 Å². The van der Waals surface area contributed by atoms with Crippen LogP contribution in [0.15, 0.2) is 54.6 Å². The normalized spacial score (nSPS) is 15.5. The molecule has 1 heterocycles. The summed E-state index contributed by atoms with van der Waals surface area (Å²) in [6, 6.07) is 18.6. The smallest absolute Gasteiger partial charge is 0.142 e. The Morgan fingerprint density at radius 3 is 2.33 bits per heavy atom.